The van der Waals surface area contributed by atoms with E-state index >= 15 is 0 Å². The third kappa shape index (κ3) is 2.25. The Morgan fingerprint density at radius 2 is 2.35 bits per heavy atom. The molecule has 17 heavy (non-hydrogen) atoms. The minimum absolute atomic E-state index is 0.00102. The van der Waals surface area contributed by atoms with E-state index in [1.54, 1.807) is 25.1 Å². The number of hydrogen-bond donors (Lipinski definition) is 1. The van der Waals surface area contributed by atoms with Gasteiger partial charge in [-0.15, -0.1) is 0 Å². The highest BCUT2D eigenvalue weighted by atomic mass is 16.7. The molecule has 2 rings (SSSR count). The van der Waals surface area contributed by atoms with E-state index in [1.807, 2.05) is 0 Å². The molecule has 0 radical (unpaired) electrons. The molecule has 1 aliphatic heterocycles. The number of rotatable bonds is 3. The van der Waals surface area contributed by atoms with E-state index in [2.05, 4.69) is 10.1 Å². The zero-order chi connectivity index (χ0) is 12.3. The van der Waals surface area contributed by atoms with Gasteiger partial charge in [-0.1, -0.05) is 11.2 Å². The first-order valence-corrected chi connectivity index (χ1v) is 4.87. The second-order valence-electron chi connectivity index (χ2n) is 3.35. The van der Waals surface area contributed by atoms with Crippen molar-refractivity contribution in [3.8, 4) is 0 Å². The fourth-order valence-electron chi connectivity index (χ4n) is 1.36. The lowest BCUT2D eigenvalue weighted by Gasteiger charge is -2.03. The normalized spacial score (nSPS) is 14.9. The molecule has 0 unspecified atom stereocenters. The predicted molar refractivity (Wildman–Crippen MR) is 57.4 cm³/mol. The number of ether oxygens (including phenoxy) is 2. The molecule has 0 atom stereocenters. The summed E-state index contributed by atoms with van der Waals surface area (Å²) in [5, 5.41) is 11.9. The Bertz CT molecular complexity index is 508. The van der Waals surface area contributed by atoms with Gasteiger partial charge >= 0.3 is 0 Å². The molecular formula is C11H10N2O4. The highest BCUT2D eigenvalue weighted by Gasteiger charge is 2.24. The standard InChI is InChI=1S/C11H10N2O4/c1-7-3-2-4-8(12-7)10(13-15)11(14)9-5-16-6-17-9/h2-5,15H,6H2,1H3. The fourth-order valence-corrected chi connectivity index (χ4v) is 1.36. The molecule has 0 aromatic carbocycles. The summed E-state index contributed by atoms with van der Waals surface area (Å²) in [5.41, 5.74) is 0.827. The quantitative estimate of drug-likeness (QED) is 0.479. The summed E-state index contributed by atoms with van der Waals surface area (Å²) in [6.45, 7) is 1.76. The lowest BCUT2D eigenvalue weighted by Crippen LogP contribution is -2.19. The topological polar surface area (TPSA) is 81.0 Å². The SMILES string of the molecule is Cc1cccc(C(=NO)C(=O)C2=COCO2)n1. The van der Waals surface area contributed by atoms with E-state index in [0.717, 1.165) is 0 Å². The molecular weight excluding hydrogens is 224 g/mol. The van der Waals surface area contributed by atoms with Crippen molar-refractivity contribution in [2.75, 3.05) is 6.79 Å². The number of aromatic nitrogens is 1. The van der Waals surface area contributed by atoms with Gasteiger partial charge in [0.2, 0.25) is 12.6 Å². The number of Topliss-reactive ketones (excluding diaryl/α,β-unsaturated/α-hetero) is 1. The molecule has 1 aromatic heterocycles. The molecule has 0 saturated heterocycles. The molecule has 0 aliphatic carbocycles. The van der Waals surface area contributed by atoms with Gasteiger partial charge in [-0.25, -0.2) is 0 Å². The highest BCUT2D eigenvalue weighted by molar-refractivity contribution is 6.50. The first kappa shape index (κ1) is 11.1. The Labute approximate surface area is 97.2 Å². The molecule has 0 saturated carbocycles. The molecule has 1 N–H and O–H groups in total. The van der Waals surface area contributed by atoms with E-state index in [4.69, 9.17) is 14.7 Å². The van der Waals surface area contributed by atoms with Crippen LogP contribution in [0.2, 0.25) is 0 Å². The van der Waals surface area contributed by atoms with E-state index in [-0.39, 0.29) is 24.0 Å². The highest BCUT2D eigenvalue weighted by Crippen LogP contribution is 2.12. The van der Waals surface area contributed by atoms with Crippen LogP contribution < -0.4 is 0 Å². The zero-order valence-corrected chi connectivity index (χ0v) is 9.08. The van der Waals surface area contributed by atoms with Crippen LogP contribution in [-0.4, -0.2) is 28.5 Å². The number of allylic oxidation sites excluding steroid dienone is 1. The predicted octanol–water partition coefficient (Wildman–Crippen LogP) is 0.983. The largest absolute Gasteiger partial charge is 0.461 e. The minimum Gasteiger partial charge on any atom is -0.461 e. The number of ketones is 1. The minimum atomic E-state index is -0.567. The Balaban J connectivity index is 2.31. The van der Waals surface area contributed by atoms with Crippen LogP contribution in [0.4, 0.5) is 0 Å². The molecule has 0 spiro atoms. The van der Waals surface area contributed by atoms with Crippen LogP contribution in [0, 0.1) is 6.92 Å². The first-order valence-electron chi connectivity index (χ1n) is 4.87. The van der Waals surface area contributed by atoms with Crippen molar-refractivity contribution in [2.45, 2.75) is 6.92 Å². The Kier molecular flexibility index (Phi) is 3.04. The molecule has 2 heterocycles. The van der Waals surface area contributed by atoms with Crippen LogP contribution in [0.25, 0.3) is 0 Å². The van der Waals surface area contributed by atoms with Crippen LogP contribution >= 0.6 is 0 Å². The second kappa shape index (κ2) is 4.65. The van der Waals surface area contributed by atoms with E-state index in [1.165, 1.54) is 6.26 Å². The van der Waals surface area contributed by atoms with Crippen molar-refractivity contribution in [3.05, 3.63) is 41.6 Å². The van der Waals surface area contributed by atoms with Crippen molar-refractivity contribution in [1.29, 1.82) is 0 Å². The van der Waals surface area contributed by atoms with Gasteiger partial charge in [-0.3, -0.25) is 9.78 Å². The van der Waals surface area contributed by atoms with Gasteiger partial charge in [0, 0.05) is 5.69 Å². The molecule has 0 amide bonds. The smallest absolute Gasteiger partial charge is 0.254 e. The van der Waals surface area contributed by atoms with Gasteiger partial charge in [0.05, 0.1) is 5.69 Å². The van der Waals surface area contributed by atoms with Crippen LogP contribution in [0.3, 0.4) is 0 Å². The lowest BCUT2D eigenvalue weighted by molar-refractivity contribution is -0.113. The molecule has 6 heteroatoms. The summed E-state index contributed by atoms with van der Waals surface area (Å²) in [5.74, 6) is -0.566. The van der Waals surface area contributed by atoms with Gasteiger partial charge in [-0.2, -0.15) is 0 Å². The number of pyridine rings is 1. The summed E-state index contributed by atoms with van der Waals surface area (Å²) in [6.07, 6.45) is 1.18. The zero-order valence-electron chi connectivity index (χ0n) is 9.08. The van der Waals surface area contributed by atoms with Gasteiger partial charge in [0.25, 0.3) is 5.78 Å². The van der Waals surface area contributed by atoms with Crippen molar-refractivity contribution < 1.29 is 19.5 Å². The van der Waals surface area contributed by atoms with Crippen LogP contribution in [0.15, 0.2) is 35.4 Å². The number of oxime groups is 1. The molecule has 88 valence electrons. The van der Waals surface area contributed by atoms with Gasteiger partial charge in [0.15, 0.2) is 5.71 Å². The number of carbonyl (C=O) groups excluding carboxylic acids is 1. The van der Waals surface area contributed by atoms with Crippen LogP contribution in [0.5, 0.6) is 0 Å². The van der Waals surface area contributed by atoms with Gasteiger partial charge in [0.1, 0.15) is 6.26 Å². The third-order valence-electron chi connectivity index (χ3n) is 2.14. The van der Waals surface area contributed by atoms with Crippen LogP contribution in [0.1, 0.15) is 11.4 Å². The van der Waals surface area contributed by atoms with E-state index < -0.39 is 5.78 Å². The fraction of sp³-hybridized carbons (Fsp3) is 0.182. The van der Waals surface area contributed by atoms with Crippen LogP contribution in [-0.2, 0) is 14.3 Å². The van der Waals surface area contributed by atoms with Crippen molar-refractivity contribution in [2.24, 2.45) is 5.16 Å². The van der Waals surface area contributed by atoms with E-state index in [0.29, 0.717) is 5.69 Å². The maximum Gasteiger partial charge on any atom is 0.254 e. The number of aryl methyl sites for hydroxylation is 1. The van der Waals surface area contributed by atoms with Gasteiger partial charge < -0.3 is 14.7 Å². The lowest BCUT2D eigenvalue weighted by atomic mass is 10.1. The van der Waals surface area contributed by atoms with E-state index in [9.17, 15) is 4.79 Å². The summed E-state index contributed by atoms with van der Waals surface area (Å²) in [4.78, 5) is 16.0. The average Bonchev–Trinajstić information content (AvgIpc) is 2.83. The Morgan fingerprint density at radius 3 is 2.94 bits per heavy atom. The third-order valence-corrected chi connectivity index (χ3v) is 2.14. The Hall–Kier alpha value is -2.37. The number of carbonyl (C=O) groups is 1. The van der Waals surface area contributed by atoms with Gasteiger partial charge in [-0.05, 0) is 19.1 Å². The maximum absolute atomic E-state index is 11.9. The summed E-state index contributed by atoms with van der Waals surface area (Å²) < 4.78 is 9.69. The molecule has 1 aliphatic rings. The monoisotopic (exact) mass is 234 g/mol. The van der Waals surface area contributed by atoms with Crippen molar-refractivity contribution in [1.82, 2.24) is 4.98 Å². The Morgan fingerprint density at radius 1 is 1.53 bits per heavy atom. The number of nitrogens with zero attached hydrogens (tertiary/aromatic N) is 2. The maximum atomic E-state index is 11.9. The molecule has 0 fully saturated rings. The average molecular weight is 234 g/mol. The molecule has 1 aromatic rings. The van der Waals surface area contributed by atoms with Crippen molar-refractivity contribution in [3.63, 3.8) is 0 Å². The van der Waals surface area contributed by atoms with Crippen molar-refractivity contribution >= 4 is 11.5 Å². The second-order valence-corrected chi connectivity index (χ2v) is 3.35. The molecule has 6 nitrogen and oxygen atoms in total. The number of hydrogen-bond acceptors (Lipinski definition) is 6. The summed E-state index contributed by atoms with van der Waals surface area (Å²) in [7, 11) is 0. The summed E-state index contributed by atoms with van der Waals surface area (Å²) >= 11 is 0. The molecule has 0 bridgehead atoms. The summed E-state index contributed by atoms with van der Waals surface area (Å²) in [6, 6.07) is 5.07. The first-order chi connectivity index (χ1) is 8.22.